The minimum Gasteiger partial charge on any atom is -0.480 e. The van der Waals surface area contributed by atoms with Crippen molar-refractivity contribution in [2.75, 3.05) is 5.75 Å². The third-order valence-corrected chi connectivity index (χ3v) is 3.34. The predicted molar refractivity (Wildman–Crippen MR) is 54.0 cm³/mol. The zero-order valence-corrected chi connectivity index (χ0v) is 9.41. The van der Waals surface area contributed by atoms with Gasteiger partial charge in [0.15, 0.2) is 0 Å². The Balaban J connectivity index is 4.07. The van der Waals surface area contributed by atoms with E-state index >= 15 is 0 Å². The highest BCUT2D eigenvalue weighted by atomic mass is 32.2. The van der Waals surface area contributed by atoms with Crippen molar-refractivity contribution in [2.45, 2.75) is 38.9 Å². The number of hydrogen-bond donors (Lipinski definition) is 1. The summed E-state index contributed by atoms with van der Waals surface area (Å²) in [6.45, 7) is 5.38. The summed E-state index contributed by atoms with van der Waals surface area (Å²) in [6, 6.07) is 0. The normalized spacial score (nSPS) is 14.4. The lowest BCUT2D eigenvalue weighted by molar-refractivity contribution is -0.138. The van der Waals surface area contributed by atoms with Crippen LogP contribution in [0.3, 0.4) is 0 Å². The number of hydrogen-bond acceptors (Lipinski definition) is 2. The molecule has 1 unspecified atom stereocenters. The van der Waals surface area contributed by atoms with E-state index in [4.69, 9.17) is 5.11 Å². The van der Waals surface area contributed by atoms with Crippen LogP contribution in [0.5, 0.6) is 0 Å². The van der Waals surface area contributed by atoms with Crippen molar-refractivity contribution in [2.24, 2.45) is 5.41 Å². The van der Waals surface area contributed by atoms with E-state index in [1.807, 2.05) is 0 Å². The Hall–Kier alpha value is -0.320. The Labute approximate surface area is 87.1 Å². The molecule has 0 aliphatic rings. The van der Waals surface area contributed by atoms with E-state index in [-0.39, 0.29) is 12.2 Å². The summed E-state index contributed by atoms with van der Waals surface area (Å²) in [5, 5.41) is 8.24. The molecular formula is C9H16F2O2S. The van der Waals surface area contributed by atoms with Crippen molar-refractivity contribution in [3.05, 3.63) is 0 Å². The van der Waals surface area contributed by atoms with Gasteiger partial charge in [0.2, 0.25) is 6.43 Å². The van der Waals surface area contributed by atoms with Crippen molar-refractivity contribution in [1.29, 1.82) is 0 Å². The molecule has 2 nitrogen and oxygen atoms in total. The number of halogens is 2. The van der Waals surface area contributed by atoms with Crippen LogP contribution >= 0.6 is 11.8 Å². The van der Waals surface area contributed by atoms with Gasteiger partial charge < -0.3 is 5.11 Å². The van der Waals surface area contributed by atoms with E-state index in [9.17, 15) is 13.6 Å². The van der Waals surface area contributed by atoms with Crippen molar-refractivity contribution in [1.82, 2.24) is 0 Å². The molecule has 0 aromatic carbocycles. The maximum absolute atomic E-state index is 11.8. The van der Waals surface area contributed by atoms with E-state index in [1.54, 1.807) is 20.8 Å². The van der Waals surface area contributed by atoms with Crippen LogP contribution in [0, 0.1) is 5.41 Å². The molecule has 1 N–H and O–H groups in total. The van der Waals surface area contributed by atoms with Gasteiger partial charge in [-0.15, -0.1) is 11.8 Å². The summed E-state index contributed by atoms with van der Waals surface area (Å²) in [4.78, 5) is 10.8. The largest absolute Gasteiger partial charge is 0.480 e. The summed E-state index contributed by atoms with van der Waals surface area (Å²) in [5.74, 6) is -0.747. The minimum atomic E-state index is -2.35. The highest BCUT2D eigenvalue weighted by Crippen LogP contribution is 2.31. The molecule has 84 valence electrons. The number of carboxylic acid groups (broad SMARTS) is 1. The quantitative estimate of drug-likeness (QED) is 0.783. The van der Waals surface area contributed by atoms with Gasteiger partial charge in [0.05, 0.1) is 0 Å². The summed E-state index contributed by atoms with van der Waals surface area (Å²) in [6.07, 6.45) is -2.60. The van der Waals surface area contributed by atoms with Crippen LogP contribution in [0.4, 0.5) is 8.78 Å². The number of aliphatic carboxylic acids is 1. The first-order chi connectivity index (χ1) is 6.25. The average molecular weight is 226 g/mol. The topological polar surface area (TPSA) is 37.3 Å². The average Bonchev–Trinajstić information content (AvgIpc) is 1.94. The summed E-state index contributed by atoms with van der Waals surface area (Å²) in [5.41, 5.74) is -0.404. The number of alkyl halides is 2. The fourth-order valence-corrected chi connectivity index (χ4v) is 2.16. The smallest absolute Gasteiger partial charge is 0.317 e. The molecule has 0 bridgehead atoms. The van der Waals surface area contributed by atoms with Gasteiger partial charge in [-0.25, -0.2) is 8.78 Å². The maximum atomic E-state index is 11.8. The van der Waals surface area contributed by atoms with Crippen LogP contribution in [-0.2, 0) is 4.79 Å². The van der Waals surface area contributed by atoms with E-state index in [1.165, 1.54) is 0 Å². The molecule has 1 atom stereocenters. The van der Waals surface area contributed by atoms with Crippen LogP contribution in [0.2, 0.25) is 0 Å². The van der Waals surface area contributed by atoms with Gasteiger partial charge in [0.1, 0.15) is 5.25 Å². The van der Waals surface area contributed by atoms with Gasteiger partial charge in [0.25, 0.3) is 0 Å². The van der Waals surface area contributed by atoms with Crippen molar-refractivity contribution < 1.29 is 18.7 Å². The molecule has 0 heterocycles. The maximum Gasteiger partial charge on any atom is 0.317 e. The molecule has 0 saturated carbocycles. The zero-order chi connectivity index (χ0) is 11.4. The molecule has 0 saturated heterocycles. The molecule has 0 aromatic heterocycles. The Kier molecular flexibility index (Phi) is 5.41. The first-order valence-corrected chi connectivity index (χ1v) is 5.42. The third-order valence-electron chi connectivity index (χ3n) is 1.63. The molecule has 5 heteroatoms. The van der Waals surface area contributed by atoms with Gasteiger partial charge in [0, 0.05) is 6.42 Å². The number of carboxylic acids is 1. The molecule has 0 spiro atoms. The Morgan fingerprint density at radius 3 is 2.21 bits per heavy atom. The van der Waals surface area contributed by atoms with Gasteiger partial charge >= 0.3 is 5.97 Å². The number of carbonyl (C=O) groups is 1. The SMILES string of the molecule is CC(C)(C)C(SCCC(F)F)C(=O)O. The standard InChI is InChI=1S/C9H16F2O2S/c1-9(2,3)7(8(12)13)14-5-4-6(10)11/h6-7H,4-5H2,1-3H3,(H,12,13). The Bertz CT molecular complexity index is 190. The van der Waals surface area contributed by atoms with Gasteiger partial charge in [-0.05, 0) is 11.2 Å². The Morgan fingerprint density at radius 1 is 1.43 bits per heavy atom. The molecule has 14 heavy (non-hydrogen) atoms. The lowest BCUT2D eigenvalue weighted by Gasteiger charge is -2.26. The monoisotopic (exact) mass is 226 g/mol. The second-order valence-corrected chi connectivity index (χ2v) is 5.35. The molecule has 0 fully saturated rings. The van der Waals surface area contributed by atoms with Crippen LogP contribution in [0.1, 0.15) is 27.2 Å². The van der Waals surface area contributed by atoms with Gasteiger partial charge in [-0.2, -0.15) is 0 Å². The lowest BCUT2D eigenvalue weighted by atomic mass is 9.92. The van der Waals surface area contributed by atoms with Crippen LogP contribution < -0.4 is 0 Å². The molecule has 0 aromatic rings. The van der Waals surface area contributed by atoms with Crippen LogP contribution in [0.15, 0.2) is 0 Å². The number of rotatable bonds is 5. The Morgan fingerprint density at radius 2 is 1.93 bits per heavy atom. The number of thioether (sulfide) groups is 1. The summed E-state index contributed by atoms with van der Waals surface area (Å²) < 4.78 is 23.6. The molecule has 0 radical (unpaired) electrons. The lowest BCUT2D eigenvalue weighted by Crippen LogP contribution is -2.31. The predicted octanol–water partition coefficient (Wildman–Crippen LogP) is 2.87. The van der Waals surface area contributed by atoms with E-state index in [0.717, 1.165) is 11.8 Å². The highest BCUT2D eigenvalue weighted by Gasteiger charge is 2.31. The molecular weight excluding hydrogens is 210 g/mol. The van der Waals surface area contributed by atoms with E-state index < -0.39 is 23.1 Å². The second kappa shape index (κ2) is 5.53. The van der Waals surface area contributed by atoms with E-state index in [0.29, 0.717) is 0 Å². The molecule has 0 aliphatic heterocycles. The van der Waals surface area contributed by atoms with Gasteiger partial charge in [-0.1, -0.05) is 20.8 Å². The summed E-state index contributed by atoms with van der Waals surface area (Å²) in [7, 11) is 0. The fourth-order valence-electron chi connectivity index (χ4n) is 0.967. The summed E-state index contributed by atoms with van der Waals surface area (Å²) >= 11 is 1.09. The fraction of sp³-hybridized carbons (Fsp3) is 0.889. The van der Waals surface area contributed by atoms with Crippen molar-refractivity contribution in [3.63, 3.8) is 0 Å². The van der Waals surface area contributed by atoms with Crippen molar-refractivity contribution in [3.8, 4) is 0 Å². The first kappa shape index (κ1) is 13.7. The van der Waals surface area contributed by atoms with Crippen LogP contribution in [0.25, 0.3) is 0 Å². The molecule has 0 aliphatic carbocycles. The van der Waals surface area contributed by atoms with E-state index in [2.05, 4.69) is 0 Å². The molecule has 0 amide bonds. The highest BCUT2D eigenvalue weighted by molar-refractivity contribution is 8.00. The van der Waals surface area contributed by atoms with Gasteiger partial charge in [-0.3, -0.25) is 4.79 Å². The minimum absolute atomic E-state index is 0.186. The third kappa shape index (κ3) is 5.42. The first-order valence-electron chi connectivity index (χ1n) is 4.37. The second-order valence-electron chi connectivity index (χ2n) is 4.13. The van der Waals surface area contributed by atoms with Crippen LogP contribution in [-0.4, -0.2) is 28.5 Å². The molecule has 0 rings (SSSR count). The van der Waals surface area contributed by atoms with Crippen molar-refractivity contribution >= 4 is 17.7 Å². The zero-order valence-electron chi connectivity index (χ0n) is 8.59.